The molecule has 8 heterocycles. The predicted molar refractivity (Wildman–Crippen MR) is 434 cm³/mol. The molecule has 0 bridgehead atoms. The van der Waals surface area contributed by atoms with Crippen LogP contribution in [0.15, 0.2) is 237 Å². The third-order valence-electron chi connectivity index (χ3n) is 21.3. The maximum atomic E-state index is 13.9. The smallest absolute Gasteiger partial charge is 0.224 e. The van der Waals surface area contributed by atoms with E-state index in [1.165, 1.54) is 24.3 Å². The summed E-state index contributed by atoms with van der Waals surface area (Å²) in [6.45, 7) is 2.69. The number of nitrogens with zero attached hydrogens (tertiary/aromatic N) is 13. The SMILES string of the molecule is N[C@@H](CC(=O)N1CCC[C@H]1c1cn(-c2ccccc2)nn1)Cc1ccccc1F.N[C@@H](CC(=O)N1CCC[C@H]1c1nc(-c2ccccc2)n[nH]1)Cc1ccccc1F.N[C@@H](CC(=O)N1CCC[C@H]1c1ncc(-c2ccccc2)[nH]1)Cc1ccccc1F.N[C@@H](CC(=O)N1CCC[C@H]1c1ncn(-c2ccccc2)n1)Cc1ccccc1F. The lowest BCUT2D eigenvalue weighted by Gasteiger charge is -2.25. The number of halogens is 4. The Labute approximate surface area is 671 Å². The fraction of sp³-hybridized carbons (Fsp3) is 0.315. The van der Waals surface area contributed by atoms with Crippen LogP contribution in [0.25, 0.3) is 34.0 Å². The molecule has 116 heavy (non-hydrogen) atoms. The van der Waals surface area contributed by atoms with Crippen molar-refractivity contribution in [3.05, 3.63) is 306 Å². The number of aromatic nitrogens is 11. The van der Waals surface area contributed by atoms with Crippen LogP contribution in [0.5, 0.6) is 0 Å². The average Bonchev–Trinajstić information content (AvgIpc) is 1.68. The first-order valence-corrected chi connectivity index (χ1v) is 39.6. The number of nitrogens with one attached hydrogen (secondary N) is 2. The lowest BCUT2D eigenvalue weighted by atomic mass is 10.0. The van der Waals surface area contributed by atoms with E-state index in [2.05, 4.69) is 45.5 Å². The summed E-state index contributed by atoms with van der Waals surface area (Å²) < 4.78 is 58.8. The molecule has 8 aromatic carbocycles. The minimum Gasteiger partial charge on any atom is -0.340 e. The van der Waals surface area contributed by atoms with Crippen molar-refractivity contribution in [3.63, 3.8) is 0 Å². The monoisotopic (exact) mass is 1570 g/mol. The number of benzene rings is 8. The summed E-state index contributed by atoms with van der Waals surface area (Å²) in [4.78, 5) is 75.8. The molecule has 10 N–H and O–H groups in total. The van der Waals surface area contributed by atoms with Crippen molar-refractivity contribution in [1.29, 1.82) is 0 Å². The number of amides is 4. The molecule has 12 aromatic rings. The van der Waals surface area contributed by atoms with Crippen LogP contribution < -0.4 is 22.9 Å². The molecule has 0 saturated carbocycles. The summed E-state index contributed by atoms with van der Waals surface area (Å²) >= 11 is 0. The molecule has 4 fully saturated rings. The van der Waals surface area contributed by atoms with E-state index in [0.29, 0.717) is 91.6 Å². The third kappa shape index (κ3) is 21.4. The quantitative estimate of drug-likeness (QED) is 0.0306. The summed E-state index contributed by atoms with van der Waals surface area (Å²) in [6, 6.07) is 63.2. The first-order chi connectivity index (χ1) is 56.5. The van der Waals surface area contributed by atoms with Crippen LogP contribution in [0.2, 0.25) is 0 Å². The van der Waals surface area contributed by atoms with Gasteiger partial charge in [-0.05, 0) is 153 Å². The van der Waals surface area contributed by atoms with Crippen molar-refractivity contribution in [2.24, 2.45) is 22.9 Å². The zero-order valence-electron chi connectivity index (χ0n) is 64.5. The molecule has 8 atom stereocenters. The summed E-state index contributed by atoms with van der Waals surface area (Å²) in [6.07, 6.45) is 14.4. The van der Waals surface area contributed by atoms with Gasteiger partial charge in [0.15, 0.2) is 11.6 Å². The number of imidazole rings is 1. The van der Waals surface area contributed by atoms with E-state index in [0.717, 1.165) is 91.1 Å². The molecule has 4 saturated heterocycles. The Kier molecular flexibility index (Phi) is 28.0. The lowest BCUT2D eigenvalue weighted by molar-refractivity contribution is -0.133. The highest BCUT2D eigenvalue weighted by atomic mass is 19.1. The van der Waals surface area contributed by atoms with Crippen LogP contribution in [-0.2, 0) is 44.9 Å². The Morgan fingerprint density at radius 3 is 1.22 bits per heavy atom. The van der Waals surface area contributed by atoms with E-state index in [1.54, 1.807) is 88.5 Å². The van der Waals surface area contributed by atoms with Crippen LogP contribution in [0, 0.1) is 23.3 Å². The van der Waals surface area contributed by atoms with Crippen LogP contribution in [0.1, 0.15) is 147 Å². The number of carbonyl (C=O) groups is 4. The Morgan fingerprint density at radius 1 is 0.414 bits per heavy atom. The summed E-state index contributed by atoms with van der Waals surface area (Å²) in [5.41, 5.74) is 32.4. The molecule has 0 unspecified atom stereocenters. The Bertz CT molecular complexity index is 4530. The minimum atomic E-state index is -0.435. The molecule has 4 aromatic heterocycles. The van der Waals surface area contributed by atoms with Gasteiger partial charge in [0.1, 0.15) is 46.9 Å². The molecule has 0 radical (unpaired) electrons. The van der Waals surface area contributed by atoms with Crippen LogP contribution in [0.3, 0.4) is 0 Å². The van der Waals surface area contributed by atoms with Crippen LogP contribution in [0.4, 0.5) is 17.6 Å². The number of carbonyl (C=O) groups excluding carboxylic acids is 4. The number of rotatable bonds is 24. The normalized spacial score (nSPS) is 17.4. The topological polar surface area (TPSA) is 317 Å². The Hall–Kier alpha value is -12.2. The summed E-state index contributed by atoms with van der Waals surface area (Å²) in [7, 11) is 0. The maximum absolute atomic E-state index is 13.9. The highest BCUT2D eigenvalue weighted by Gasteiger charge is 2.37. The maximum Gasteiger partial charge on any atom is 0.224 e. The standard InChI is InChI=1S/C23H25FN4O.3C22H24FN5O/c24-19-10-5-4-9-17(19)13-18(25)14-22(29)28-12-6-11-21(28)23-26-15-20(27-23)16-7-2-1-3-8-16;23-19-10-5-4-7-16(19)13-17(24)14-22(29)27-12-6-11-21(27)20-15-28(26-25-20)18-8-2-1-3-9-18;23-19-10-5-4-7-16(19)13-17(24)14-21(29)27-12-6-11-20(27)22-25-15-28(26-22)18-8-2-1-3-9-18;23-18-10-5-4-9-16(18)13-17(24)14-20(29)28-12-6-11-19(28)22-25-21(26-27-22)15-7-2-1-3-8-15/h1-5,7-10,15,18,21H,6,11-14,25H2,(H,26,27);1-5,7-10,15,17,21H,6,11-14,24H2;1-5,7-10,15,17,20H,6,11-14,24H2;1-5,7-10,17,19H,6,11-14,24H2,(H,25,26,27)/t18-,21+;17-,21+;17-,20+;17-,19+/m1111/s1. The van der Waals surface area contributed by atoms with Crippen LogP contribution >= 0.6 is 0 Å². The van der Waals surface area contributed by atoms with Gasteiger partial charge < -0.3 is 47.5 Å². The third-order valence-corrected chi connectivity index (χ3v) is 21.3. The summed E-state index contributed by atoms with van der Waals surface area (Å²) in [5.74, 6) is 1.52. The predicted octanol–water partition coefficient (Wildman–Crippen LogP) is 13.1. The van der Waals surface area contributed by atoms with Crippen molar-refractivity contribution < 1.29 is 36.7 Å². The van der Waals surface area contributed by atoms with E-state index in [-0.39, 0.29) is 96.7 Å². The average molecular weight is 1570 g/mol. The van der Waals surface area contributed by atoms with Crippen LogP contribution in [-0.4, -0.2) is 148 Å². The molecule has 4 amide bonds. The zero-order valence-corrected chi connectivity index (χ0v) is 64.5. The van der Waals surface area contributed by atoms with Crippen molar-refractivity contribution >= 4 is 23.6 Å². The van der Waals surface area contributed by atoms with Crippen molar-refractivity contribution in [2.45, 2.75) is 151 Å². The van der Waals surface area contributed by atoms with Gasteiger partial charge >= 0.3 is 0 Å². The largest absolute Gasteiger partial charge is 0.340 e. The Balaban J connectivity index is 0.000000135. The molecular formula is C89H97F4N19O4. The molecule has 23 nitrogen and oxygen atoms in total. The number of hydrogen-bond acceptors (Lipinski definition) is 15. The van der Waals surface area contributed by atoms with Crippen molar-refractivity contribution in [2.75, 3.05) is 26.2 Å². The fourth-order valence-corrected chi connectivity index (χ4v) is 15.5. The second-order valence-electron chi connectivity index (χ2n) is 29.8. The van der Waals surface area contributed by atoms with E-state index in [1.807, 2.05) is 153 Å². The van der Waals surface area contributed by atoms with E-state index in [4.69, 9.17) is 22.9 Å². The lowest BCUT2D eigenvalue weighted by Crippen LogP contribution is -2.36. The number of aromatic amines is 2. The molecule has 0 spiro atoms. The first-order valence-electron chi connectivity index (χ1n) is 39.6. The second-order valence-corrected chi connectivity index (χ2v) is 29.8. The molecule has 27 heteroatoms. The van der Waals surface area contributed by atoms with Gasteiger partial charge in [-0.25, -0.2) is 41.9 Å². The summed E-state index contributed by atoms with van der Waals surface area (Å²) in [5, 5.41) is 20.4. The Morgan fingerprint density at radius 2 is 0.776 bits per heavy atom. The number of para-hydroxylation sites is 2. The minimum absolute atomic E-state index is 0.00556. The van der Waals surface area contributed by atoms with E-state index in [9.17, 15) is 36.7 Å². The molecule has 4 aliphatic heterocycles. The highest BCUT2D eigenvalue weighted by Crippen LogP contribution is 2.36. The van der Waals surface area contributed by atoms with E-state index >= 15 is 0 Å². The molecular weight excluding hydrogens is 1480 g/mol. The van der Waals surface area contributed by atoms with Gasteiger partial charge in [0.2, 0.25) is 23.6 Å². The van der Waals surface area contributed by atoms with Gasteiger partial charge in [0.05, 0.1) is 53.6 Å². The fourth-order valence-electron chi connectivity index (χ4n) is 15.5. The van der Waals surface area contributed by atoms with Gasteiger partial charge in [0, 0.05) is 81.6 Å². The number of H-pyrrole nitrogens is 2. The number of likely N-dealkylation sites (tertiary alicyclic amines) is 4. The van der Waals surface area contributed by atoms with Gasteiger partial charge in [-0.1, -0.05) is 175 Å². The van der Waals surface area contributed by atoms with Gasteiger partial charge in [0.25, 0.3) is 0 Å². The first kappa shape index (κ1) is 81.8. The molecule has 0 aliphatic carbocycles. The van der Waals surface area contributed by atoms with E-state index < -0.39 is 24.2 Å². The number of hydrogen-bond donors (Lipinski definition) is 6. The van der Waals surface area contributed by atoms with Gasteiger partial charge in [-0.2, -0.15) is 5.10 Å². The number of nitrogens with two attached hydrogens (primary N) is 4. The second kappa shape index (κ2) is 39.7. The van der Waals surface area contributed by atoms with Gasteiger partial charge in [-0.15, -0.1) is 10.2 Å². The molecule has 16 rings (SSSR count). The van der Waals surface area contributed by atoms with Crippen molar-refractivity contribution in [3.8, 4) is 34.0 Å². The molecule has 4 aliphatic rings. The van der Waals surface area contributed by atoms with Gasteiger partial charge in [-0.3, -0.25) is 24.3 Å². The zero-order chi connectivity index (χ0) is 80.9. The highest BCUT2D eigenvalue weighted by molar-refractivity contribution is 5.79. The van der Waals surface area contributed by atoms with Crippen molar-refractivity contribution in [1.82, 2.24) is 74.5 Å². The molecule has 600 valence electrons.